The predicted molar refractivity (Wildman–Crippen MR) is 411 cm³/mol. The molecule has 14 rings (SSSR count). The zero-order valence-corrected chi connectivity index (χ0v) is 64.3. The van der Waals surface area contributed by atoms with Gasteiger partial charge in [0.2, 0.25) is 53.4 Å². The van der Waals surface area contributed by atoms with Gasteiger partial charge < -0.3 is 128 Å². The number of amides is 7. The zero-order chi connectivity index (χ0) is 82.9. The molecule has 7 heterocycles. The van der Waals surface area contributed by atoms with Gasteiger partial charge in [-0.2, -0.15) is 0 Å². The van der Waals surface area contributed by atoms with Gasteiger partial charge in [-0.3, -0.25) is 33.6 Å². The van der Waals surface area contributed by atoms with Crippen molar-refractivity contribution < 1.29 is 113 Å². The van der Waals surface area contributed by atoms with Crippen LogP contribution in [0.1, 0.15) is 111 Å². The number of aliphatic carboxylic acids is 1. The lowest BCUT2D eigenvalue weighted by atomic mass is 9.84. The highest BCUT2D eigenvalue weighted by molar-refractivity contribution is 6.32. The molecule has 610 valence electrons. The maximum absolute atomic E-state index is 16.2. The average molecular weight is 1650 g/mol. The molecule has 7 aromatic rings. The summed E-state index contributed by atoms with van der Waals surface area (Å²) < 4.78 is 39.7. The second-order valence-electron chi connectivity index (χ2n) is 29.2. The minimum Gasteiger partial charge on any atom is -0.508 e. The van der Waals surface area contributed by atoms with Gasteiger partial charge in [-0.1, -0.05) is 103 Å². The number of phenols is 3. The number of ether oxygens (including phenoxy) is 6. The van der Waals surface area contributed by atoms with Crippen LogP contribution in [0.2, 0.25) is 15.1 Å². The van der Waals surface area contributed by atoms with Crippen LogP contribution in [0.25, 0.3) is 22.3 Å². The summed E-state index contributed by atoms with van der Waals surface area (Å²) >= 11 is 20.5. The van der Waals surface area contributed by atoms with Gasteiger partial charge in [0.15, 0.2) is 29.9 Å². The van der Waals surface area contributed by atoms with Crippen molar-refractivity contribution in [1.29, 1.82) is 0 Å². The first-order valence-electron chi connectivity index (χ1n) is 36.5. The van der Waals surface area contributed by atoms with E-state index in [0.717, 1.165) is 83.4 Å². The Hall–Kier alpha value is -10.5. The molecule has 0 spiro atoms. The predicted octanol–water partition coefficient (Wildman–Crippen LogP) is 4.22. The number of carboxylic acids is 1. The second kappa shape index (κ2) is 34.9. The highest BCUT2D eigenvalue weighted by atomic mass is 35.5. The number of nitrogens with one attached hydrogen (secondary N) is 8. The number of aliphatic hydroxyl groups is 5. The molecule has 7 aliphatic heterocycles. The van der Waals surface area contributed by atoms with E-state index in [-0.39, 0.29) is 58.5 Å². The molecular formula is C79H85Cl3N10O23. The highest BCUT2D eigenvalue weighted by Gasteiger charge is 2.52. The first-order chi connectivity index (χ1) is 54.6. The Kier molecular flexibility index (Phi) is 25.5. The van der Waals surface area contributed by atoms with Crippen LogP contribution < -0.4 is 68.2 Å². The smallest absolute Gasteiger partial charge is 0.330 e. The lowest BCUT2D eigenvalue weighted by Gasteiger charge is -2.48. The van der Waals surface area contributed by atoms with Gasteiger partial charge in [0.25, 0.3) is 0 Å². The van der Waals surface area contributed by atoms with Gasteiger partial charge in [0.1, 0.15) is 89.5 Å². The fraction of sp³-hybridized carbons (Fsp3) is 0.367. The summed E-state index contributed by atoms with van der Waals surface area (Å²) in [7, 11) is 1.48. The average Bonchev–Trinajstić information content (AvgIpc) is 0.764. The van der Waals surface area contributed by atoms with Crippen molar-refractivity contribution in [2.45, 2.75) is 163 Å². The van der Waals surface area contributed by atoms with Crippen LogP contribution >= 0.6 is 34.8 Å². The number of carbonyl (C=O) groups is 8. The maximum Gasteiger partial charge on any atom is 0.330 e. The van der Waals surface area contributed by atoms with Crippen molar-refractivity contribution in [3.05, 3.63) is 176 Å². The largest absolute Gasteiger partial charge is 0.508 e. The van der Waals surface area contributed by atoms with Crippen molar-refractivity contribution in [1.82, 2.24) is 42.5 Å². The molecule has 7 aromatic carbocycles. The standard InChI is InChI=1S/C79H85Cl3N10O23/c1-32(2)20-47(85-5)71(102)91-62-64(97)38-13-18-51(45(81)22-38)111-53-24-40-25-54(68(53)115-78-69(67(100)66(99)55(30-83)113-78)114-57-29-79(4,70(101)33(3)110-57)86-31-34-6-8-35(9-7-34)36-10-15-41(80)16-11-36)112-52-19-14-39(23-46(52)82)65(98)63-76(107)90-61(77(108)109)44-26-42(93)27-50(95)58(44)43-21-37(12-17-49(43)94)59(73(104)92-63)89-74(105)60(40)88-72(103)48(28-56(84)96)87-75(62)106/h6-19,21-27,32-33,47-48,55,57,59-67,69-70,78,85-86,93-95,97-101H,20,28-31,83H2,1-5H3,(H2,84,96)(H,87,106)(H,88,103)(H,89,105)(H,90,107)(H,91,102)(H,92,104)(H,108,109)/t33?,47-,48-,55?,57?,59?,60+,61+,62+,63-,64+,65+,66?,67?,69?,70?,78?,79?/m0/s1. The quantitative estimate of drug-likeness (QED) is 0.0606. The second-order valence-corrected chi connectivity index (χ2v) is 30.5. The number of phenolic OH excluding ortho intramolecular Hbond substituents is 3. The van der Waals surface area contributed by atoms with Crippen molar-refractivity contribution >= 4 is 82.1 Å². The Balaban J connectivity index is 1.04. The van der Waals surface area contributed by atoms with Crippen molar-refractivity contribution in [2.24, 2.45) is 17.4 Å². The van der Waals surface area contributed by atoms with E-state index in [1.165, 1.54) is 19.2 Å². The molecule has 18 atom stereocenters. The van der Waals surface area contributed by atoms with E-state index in [0.29, 0.717) is 5.02 Å². The summed E-state index contributed by atoms with van der Waals surface area (Å²) in [6.45, 7) is 6.70. The number of rotatable bonds is 17. The molecule has 36 heteroatoms. The Labute approximate surface area is 671 Å². The van der Waals surface area contributed by atoms with E-state index in [4.69, 9.17) is 74.7 Å². The SMILES string of the molecule is CN[C@@H](CC(C)C)C(=O)N[C@H]1C(=O)N[C@@H](CC(N)=O)C(=O)N[C@H]2C(=O)NC3C(=O)N[C@H](C(=O)N[C@@H](C(=O)O)c4cc(O)cc(O)c4-c4cc3ccc4O)[C@H](O)c3ccc(c(Cl)c3)Oc3cc2cc(c3OC2OC(CN)C(O)C(O)C2OC2CC(C)(NCc3ccc(-c4ccc(Cl)cc4)cc3)C(O)C(C)O2)Oc2ccc(cc2Cl)[C@H]1O. The molecule has 21 N–H and O–H groups in total. The number of fused-ring (bicyclic) bond motifs is 15. The third kappa shape index (κ3) is 18.3. The number of hydrogen-bond donors (Lipinski definition) is 19. The number of primary amides is 1. The normalized spacial score (nSPS) is 27.2. The van der Waals surface area contributed by atoms with E-state index in [9.17, 15) is 69.9 Å². The monoisotopic (exact) mass is 1650 g/mol. The van der Waals surface area contributed by atoms with E-state index in [1.54, 1.807) is 26.0 Å². The summed E-state index contributed by atoms with van der Waals surface area (Å²) in [4.78, 5) is 118. The number of likely N-dealkylation sites (N-methyl/N-ethyl adjacent to an activating group) is 1. The molecule has 33 nitrogen and oxygen atoms in total. The van der Waals surface area contributed by atoms with Gasteiger partial charge >= 0.3 is 5.97 Å². The van der Waals surface area contributed by atoms with Crippen LogP contribution in [-0.2, 0) is 59.1 Å². The molecule has 0 aliphatic carbocycles. The number of nitrogens with two attached hydrogens (primary N) is 2. The third-order valence-corrected chi connectivity index (χ3v) is 21.5. The topological polar surface area (TPSA) is 522 Å². The van der Waals surface area contributed by atoms with E-state index < -0.39 is 231 Å². The summed E-state index contributed by atoms with van der Waals surface area (Å²) in [5.41, 5.74) is 10.7. The fourth-order valence-electron chi connectivity index (χ4n) is 14.4. The number of carbonyl (C=O) groups excluding carboxylic acids is 7. The molecule has 7 aliphatic rings. The van der Waals surface area contributed by atoms with Gasteiger partial charge in [-0.25, -0.2) is 4.79 Å². The molecule has 11 bridgehead atoms. The van der Waals surface area contributed by atoms with E-state index >= 15 is 14.4 Å². The molecular weight excluding hydrogens is 1560 g/mol. The maximum atomic E-state index is 16.2. The van der Waals surface area contributed by atoms with Crippen LogP contribution in [0.3, 0.4) is 0 Å². The van der Waals surface area contributed by atoms with Gasteiger partial charge in [-0.15, -0.1) is 0 Å². The summed E-state index contributed by atoms with van der Waals surface area (Å²) in [5, 5.41) is 127. The van der Waals surface area contributed by atoms with Gasteiger partial charge in [0.05, 0.1) is 34.7 Å². The number of halogens is 3. The summed E-state index contributed by atoms with van der Waals surface area (Å²) in [5.74, 6) is -15.8. The van der Waals surface area contributed by atoms with Gasteiger partial charge in [-0.05, 0) is 139 Å². The van der Waals surface area contributed by atoms with Gasteiger partial charge in [0, 0.05) is 52.8 Å². The fourth-order valence-corrected chi connectivity index (χ4v) is 15.0. The first kappa shape index (κ1) is 83.9. The van der Waals surface area contributed by atoms with Crippen molar-refractivity contribution in [3.8, 4) is 68.2 Å². The summed E-state index contributed by atoms with van der Waals surface area (Å²) in [6, 6.07) is 14.6. The molecule has 10 unspecified atom stereocenters. The Morgan fingerprint density at radius 2 is 1.26 bits per heavy atom. The zero-order valence-electron chi connectivity index (χ0n) is 62.1. The number of aromatic hydroxyl groups is 3. The molecule has 2 fully saturated rings. The molecule has 0 radical (unpaired) electrons. The number of hydrogen-bond acceptors (Lipinski definition) is 25. The molecule has 0 aromatic heterocycles. The van der Waals surface area contributed by atoms with Crippen LogP contribution in [0, 0.1) is 5.92 Å². The Morgan fingerprint density at radius 3 is 1.86 bits per heavy atom. The third-order valence-electron chi connectivity index (χ3n) is 20.6. The molecule has 2 saturated heterocycles. The number of aliphatic hydroxyl groups excluding tert-OH is 5. The lowest BCUT2D eigenvalue weighted by molar-refractivity contribution is -0.331. The Morgan fingerprint density at radius 1 is 0.661 bits per heavy atom. The first-order valence-corrected chi connectivity index (χ1v) is 37.6. The number of benzene rings is 7. The lowest BCUT2D eigenvalue weighted by Crippen LogP contribution is -2.65. The Bertz CT molecular complexity index is 4900. The van der Waals surface area contributed by atoms with Crippen molar-refractivity contribution in [3.63, 3.8) is 0 Å². The minimum atomic E-state index is -2.35. The van der Waals surface area contributed by atoms with Crippen molar-refractivity contribution in [2.75, 3.05) is 13.6 Å². The van der Waals surface area contributed by atoms with E-state index in [1.807, 2.05) is 50.2 Å². The van der Waals surface area contributed by atoms with E-state index in [2.05, 4.69) is 42.5 Å². The minimum absolute atomic E-state index is 0.101. The molecule has 115 heavy (non-hydrogen) atoms. The molecule has 0 saturated carbocycles. The van der Waals surface area contributed by atoms with Crippen LogP contribution in [0.4, 0.5) is 0 Å². The number of carboxylic acid groups (broad SMARTS) is 1. The highest BCUT2D eigenvalue weighted by Crippen LogP contribution is 2.50. The summed E-state index contributed by atoms with van der Waals surface area (Å²) in [6.07, 6.45) is -18.0. The van der Waals surface area contributed by atoms with Crippen LogP contribution in [0.5, 0.6) is 46.0 Å². The van der Waals surface area contributed by atoms with Crippen LogP contribution in [-0.4, -0.2) is 186 Å². The molecule has 7 amide bonds. The van der Waals surface area contributed by atoms with Crippen LogP contribution in [0.15, 0.2) is 127 Å².